The number of rotatable bonds is 3. The minimum Gasteiger partial charge on any atom is -0.267 e. The van der Waals surface area contributed by atoms with E-state index in [1.807, 2.05) is 0 Å². The molecule has 0 aliphatic heterocycles. The number of carbonyl (C=O) groups excluding carboxylic acids is 1. The van der Waals surface area contributed by atoms with Gasteiger partial charge < -0.3 is 0 Å². The molecule has 3 N–H and O–H groups in total. The number of hydrazone groups is 1. The molecule has 0 heterocycles. The first-order valence-corrected chi connectivity index (χ1v) is 10.0. The van der Waals surface area contributed by atoms with Gasteiger partial charge >= 0.3 is 0 Å². The number of fused-ring (bicyclic) bond motifs is 2. The first-order valence-electron chi connectivity index (χ1n) is 8.47. The average Bonchev–Trinajstić information content (AvgIpc) is 2.85. The summed E-state index contributed by atoms with van der Waals surface area (Å²) in [5, 5.41) is 9.60. The molecule has 25 heavy (non-hydrogen) atoms. The summed E-state index contributed by atoms with van der Waals surface area (Å²) in [6.45, 7) is 8.40. The Balaban J connectivity index is 1.83. The van der Waals surface area contributed by atoms with E-state index in [2.05, 4.69) is 31.3 Å². The Morgan fingerprint density at radius 3 is 2.52 bits per heavy atom. The highest BCUT2D eigenvalue weighted by molar-refractivity contribution is 7.89. The summed E-state index contributed by atoms with van der Waals surface area (Å²) in [4.78, 5) is 12.4. The first-order chi connectivity index (χ1) is 11.5. The van der Waals surface area contributed by atoms with E-state index in [1.54, 1.807) is 19.1 Å². The van der Waals surface area contributed by atoms with Crippen molar-refractivity contribution in [2.75, 3.05) is 0 Å². The van der Waals surface area contributed by atoms with Crippen LogP contribution in [0.25, 0.3) is 0 Å². The molecule has 136 valence electrons. The van der Waals surface area contributed by atoms with Gasteiger partial charge in [-0.2, -0.15) is 5.10 Å². The van der Waals surface area contributed by atoms with E-state index in [-0.39, 0.29) is 21.3 Å². The number of hydrogen-bond acceptors (Lipinski definition) is 4. The molecular weight excluding hydrogens is 338 g/mol. The van der Waals surface area contributed by atoms with E-state index in [4.69, 9.17) is 5.14 Å². The number of aryl methyl sites for hydroxylation is 1. The molecule has 2 bridgehead atoms. The number of carbonyl (C=O) groups is 1. The third-order valence-corrected chi connectivity index (χ3v) is 7.61. The Bertz CT molecular complexity index is 874. The molecule has 0 saturated heterocycles. The SMILES string of the molecule is Cc1ccc(C(=O)N/N=C2/C[C@H]3CC[C@@]2(C)C3(C)C)cc1S(N)(=O)=O. The van der Waals surface area contributed by atoms with Crippen molar-refractivity contribution in [3.63, 3.8) is 0 Å². The Hall–Kier alpha value is -1.73. The fourth-order valence-corrected chi connectivity index (χ4v) is 5.14. The zero-order chi connectivity index (χ0) is 18.6. The van der Waals surface area contributed by atoms with Crippen molar-refractivity contribution < 1.29 is 13.2 Å². The van der Waals surface area contributed by atoms with Crippen molar-refractivity contribution in [3.8, 4) is 0 Å². The number of nitrogens with two attached hydrogens (primary N) is 1. The second-order valence-electron chi connectivity index (χ2n) is 8.02. The van der Waals surface area contributed by atoms with Crippen LogP contribution in [0, 0.1) is 23.7 Å². The van der Waals surface area contributed by atoms with E-state index in [9.17, 15) is 13.2 Å². The van der Waals surface area contributed by atoms with Gasteiger partial charge in [-0.1, -0.05) is 26.8 Å². The fraction of sp³-hybridized carbons (Fsp3) is 0.556. The summed E-state index contributed by atoms with van der Waals surface area (Å²) >= 11 is 0. The Morgan fingerprint density at radius 1 is 1.32 bits per heavy atom. The van der Waals surface area contributed by atoms with Crippen LogP contribution in [0.15, 0.2) is 28.2 Å². The molecule has 6 nitrogen and oxygen atoms in total. The highest BCUT2D eigenvalue weighted by Gasteiger charge is 2.60. The number of hydrogen-bond donors (Lipinski definition) is 2. The fourth-order valence-electron chi connectivity index (χ4n) is 4.33. The zero-order valence-electron chi connectivity index (χ0n) is 15.1. The molecule has 2 atom stereocenters. The molecule has 2 fully saturated rings. The van der Waals surface area contributed by atoms with Crippen molar-refractivity contribution in [1.29, 1.82) is 0 Å². The van der Waals surface area contributed by atoms with Gasteiger partial charge in [-0.05, 0) is 55.2 Å². The van der Waals surface area contributed by atoms with Gasteiger partial charge in [0.2, 0.25) is 10.0 Å². The van der Waals surface area contributed by atoms with E-state index < -0.39 is 15.9 Å². The number of sulfonamides is 1. The molecule has 0 aromatic heterocycles. The van der Waals surface area contributed by atoms with Gasteiger partial charge in [0.05, 0.1) is 4.90 Å². The van der Waals surface area contributed by atoms with E-state index in [1.165, 1.54) is 12.5 Å². The van der Waals surface area contributed by atoms with Gasteiger partial charge in [0.1, 0.15) is 0 Å². The summed E-state index contributed by atoms with van der Waals surface area (Å²) in [5.74, 6) is 0.170. The van der Waals surface area contributed by atoms with Crippen LogP contribution in [0.1, 0.15) is 56.0 Å². The lowest BCUT2D eigenvalue weighted by Gasteiger charge is -2.34. The molecule has 0 unspecified atom stereocenters. The predicted molar refractivity (Wildman–Crippen MR) is 96.7 cm³/mol. The third kappa shape index (κ3) is 2.79. The van der Waals surface area contributed by atoms with Crippen LogP contribution in [-0.4, -0.2) is 20.0 Å². The Kier molecular flexibility index (Phi) is 4.08. The second-order valence-corrected chi connectivity index (χ2v) is 9.55. The summed E-state index contributed by atoms with van der Waals surface area (Å²) < 4.78 is 23.2. The lowest BCUT2D eigenvalue weighted by molar-refractivity contribution is 0.0953. The predicted octanol–water partition coefficient (Wildman–Crippen LogP) is 2.57. The molecule has 7 heteroatoms. The zero-order valence-corrected chi connectivity index (χ0v) is 15.9. The topological polar surface area (TPSA) is 102 Å². The normalized spacial score (nSPS) is 29.2. The van der Waals surface area contributed by atoms with Crippen LogP contribution in [-0.2, 0) is 10.0 Å². The minimum atomic E-state index is -3.87. The summed E-state index contributed by atoms with van der Waals surface area (Å²) in [6.07, 6.45) is 3.19. The molecule has 2 aliphatic rings. The maximum absolute atomic E-state index is 12.4. The lowest BCUT2D eigenvalue weighted by atomic mass is 9.70. The molecular formula is C18H25N3O3S. The summed E-state index contributed by atoms with van der Waals surface area (Å²) in [5.41, 5.74) is 4.55. The van der Waals surface area contributed by atoms with Crippen LogP contribution >= 0.6 is 0 Å². The van der Waals surface area contributed by atoms with Gasteiger partial charge in [-0.3, -0.25) is 4.79 Å². The van der Waals surface area contributed by atoms with Crippen LogP contribution < -0.4 is 10.6 Å². The Labute approximate surface area is 148 Å². The molecule has 1 aromatic rings. The molecule has 2 saturated carbocycles. The van der Waals surface area contributed by atoms with Gasteiger partial charge in [0.25, 0.3) is 5.91 Å². The molecule has 0 radical (unpaired) electrons. The van der Waals surface area contributed by atoms with Crippen molar-refractivity contribution >= 4 is 21.6 Å². The monoisotopic (exact) mass is 363 g/mol. The largest absolute Gasteiger partial charge is 0.271 e. The smallest absolute Gasteiger partial charge is 0.267 e. The standard InChI is InChI=1S/C18H25N3O3S/c1-11-5-6-12(9-14(11)25(19,23)24)16(22)21-20-15-10-13-7-8-18(15,4)17(13,2)3/h5-6,9,13H,7-8,10H2,1-4H3,(H,21,22)(H2,19,23,24)/b20-15-/t13-,18-/m1/s1. The van der Waals surface area contributed by atoms with Crippen molar-refractivity contribution in [3.05, 3.63) is 29.3 Å². The minimum absolute atomic E-state index is 0.00395. The number of nitrogens with one attached hydrogen (secondary N) is 1. The number of benzene rings is 1. The summed E-state index contributed by atoms with van der Waals surface area (Å²) in [7, 11) is -3.87. The highest BCUT2D eigenvalue weighted by Crippen LogP contribution is 2.63. The summed E-state index contributed by atoms with van der Waals surface area (Å²) in [6, 6.07) is 4.45. The van der Waals surface area contributed by atoms with Gasteiger partial charge in [-0.15, -0.1) is 0 Å². The maximum atomic E-state index is 12.4. The third-order valence-electron chi connectivity index (χ3n) is 6.56. The first kappa shape index (κ1) is 18.1. The van der Waals surface area contributed by atoms with E-state index >= 15 is 0 Å². The van der Waals surface area contributed by atoms with Crippen LogP contribution in [0.2, 0.25) is 0 Å². The number of primary sulfonamides is 1. The molecule has 3 rings (SSSR count). The quantitative estimate of drug-likeness (QED) is 0.807. The molecule has 0 spiro atoms. The van der Waals surface area contributed by atoms with Gasteiger partial charge in [0, 0.05) is 16.7 Å². The van der Waals surface area contributed by atoms with Crippen molar-refractivity contribution in [2.45, 2.75) is 51.9 Å². The number of amides is 1. The molecule has 1 aromatic carbocycles. The van der Waals surface area contributed by atoms with Crippen LogP contribution in [0.4, 0.5) is 0 Å². The maximum Gasteiger partial charge on any atom is 0.271 e. The average molecular weight is 363 g/mol. The van der Waals surface area contributed by atoms with Gasteiger partial charge in [-0.25, -0.2) is 19.0 Å². The number of nitrogens with zero attached hydrogens (tertiary/aromatic N) is 1. The second kappa shape index (κ2) is 5.64. The van der Waals surface area contributed by atoms with E-state index in [0.717, 1.165) is 18.6 Å². The lowest BCUT2D eigenvalue weighted by Crippen LogP contribution is -2.34. The van der Waals surface area contributed by atoms with Crippen molar-refractivity contribution in [1.82, 2.24) is 5.43 Å². The van der Waals surface area contributed by atoms with Crippen LogP contribution in [0.5, 0.6) is 0 Å². The van der Waals surface area contributed by atoms with Crippen molar-refractivity contribution in [2.24, 2.45) is 27.0 Å². The van der Waals surface area contributed by atoms with Crippen LogP contribution in [0.3, 0.4) is 0 Å². The van der Waals surface area contributed by atoms with E-state index in [0.29, 0.717) is 11.5 Å². The Morgan fingerprint density at radius 2 is 2.00 bits per heavy atom. The molecule has 1 amide bonds. The van der Waals surface area contributed by atoms with Gasteiger partial charge in [0.15, 0.2) is 0 Å². The highest BCUT2D eigenvalue weighted by atomic mass is 32.2. The molecule has 2 aliphatic carbocycles.